The summed E-state index contributed by atoms with van der Waals surface area (Å²) in [6, 6.07) is 0.490. The number of anilines is 2. The van der Waals surface area contributed by atoms with Crippen LogP contribution in [0.3, 0.4) is 0 Å². The number of nitrogen functional groups attached to an aromatic ring is 1. The molecule has 2 unspecified atom stereocenters. The van der Waals surface area contributed by atoms with Gasteiger partial charge in [-0.25, -0.2) is 5.10 Å². The van der Waals surface area contributed by atoms with Crippen LogP contribution in [0.15, 0.2) is 0 Å². The molecule has 1 aromatic heterocycles. The Hall–Kier alpha value is -1.26. The molecule has 1 aromatic rings. The summed E-state index contributed by atoms with van der Waals surface area (Å²) in [5.41, 5.74) is 5.51. The van der Waals surface area contributed by atoms with Gasteiger partial charge in [-0.2, -0.15) is 4.98 Å². The molecule has 0 saturated heterocycles. The molecule has 0 amide bonds. The van der Waals surface area contributed by atoms with Gasteiger partial charge in [-0.05, 0) is 24.7 Å². The lowest BCUT2D eigenvalue weighted by Crippen LogP contribution is -2.35. The number of aromatic amines is 1. The first-order chi connectivity index (χ1) is 7.66. The minimum atomic E-state index is 0.374. The van der Waals surface area contributed by atoms with Crippen LogP contribution in [0.4, 0.5) is 11.9 Å². The molecule has 0 aromatic carbocycles. The lowest BCUT2D eigenvalue weighted by molar-refractivity contribution is 0.253. The quantitative estimate of drug-likeness (QED) is 0.732. The third-order valence-corrected chi connectivity index (χ3v) is 3.49. The Kier molecular flexibility index (Phi) is 3.31. The standard InChI is InChI=1S/C11H21N5/c1-7(2)8-5-3-4-6-9(8)13-11-14-10(12)15-16-11/h7-9H,3-6H2,1-2H3,(H4,12,13,14,15,16). The van der Waals surface area contributed by atoms with Crippen molar-refractivity contribution in [2.45, 2.75) is 45.6 Å². The van der Waals surface area contributed by atoms with E-state index in [4.69, 9.17) is 5.73 Å². The molecule has 0 spiro atoms. The van der Waals surface area contributed by atoms with Crippen molar-refractivity contribution < 1.29 is 0 Å². The second kappa shape index (κ2) is 4.72. The van der Waals surface area contributed by atoms with E-state index in [0.29, 0.717) is 29.8 Å². The van der Waals surface area contributed by atoms with Crippen molar-refractivity contribution in [1.82, 2.24) is 15.2 Å². The predicted molar refractivity (Wildman–Crippen MR) is 65.0 cm³/mol. The topological polar surface area (TPSA) is 79.6 Å². The molecular formula is C11H21N5. The molecule has 1 saturated carbocycles. The molecule has 2 atom stereocenters. The SMILES string of the molecule is CC(C)C1CCCCC1Nc1n[nH]c(N)n1. The van der Waals surface area contributed by atoms with Crippen molar-refractivity contribution in [3.05, 3.63) is 0 Å². The van der Waals surface area contributed by atoms with Crippen molar-refractivity contribution in [1.29, 1.82) is 0 Å². The number of nitrogens with one attached hydrogen (secondary N) is 2. The molecule has 0 bridgehead atoms. The predicted octanol–water partition coefficient (Wildman–Crippen LogP) is 2.01. The van der Waals surface area contributed by atoms with E-state index in [-0.39, 0.29) is 0 Å². The third kappa shape index (κ3) is 2.46. The first-order valence-corrected chi connectivity index (χ1v) is 6.11. The van der Waals surface area contributed by atoms with Crippen LogP contribution >= 0.6 is 0 Å². The maximum atomic E-state index is 5.51. The van der Waals surface area contributed by atoms with Crippen LogP contribution in [0.25, 0.3) is 0 Å². The summed E-state index contributed by atoms with van der Waals surface area (Å²) < 4.78 is 0. The number of nitrogens with two attached hydrogens (primary N) is 1. The van der Waals surface area contributed by atoms with E-state index in [1.165, 1.54) is 25.7 Å². The molecule has 0 aliphatic heterocycles. The minimum absolute atomic E-state index is 0.374. The van der Waals surface area contributed by atoms with Gasteiger partial charge in [0.25, 0.3) is 0 Å². The number of H-pyrrole nitrogens is 1. The highest BCUT2D eigenvalue weighted by atomic mass is 15.3. The summed E-state index contributed by atoms with van der Waals surface area (Å²) in [6.45, 7) is 4.58. The average molecular weight is 223 g/mol. The molecule has 4 N–H and O–H groups in total. The van der Waals surface area contributed by atoms with Crippen LogP contribution in [-0.2, 0) is 0 Å². The fourth-order valence-corrected chi connectivity index (χ4v) is 2.64. The number of hydrogen-bond acceptors (Lipinski definition) is 4. The van der Waals surface area contributed by atoms with E-state index >= 15 is 0 Å². The molecule has 1 fully saturated rings. The van der Waals surface area contributed by atoms with Crippen LogP contribution in [0.5, 0.6) is 0 Å². The van der Waals surface area contributed by atoms with Gasteiger partial charge in [0, 0.05) is 6.04 Å². The molecule has 1 aliphatic carbocycles. The maximum absolute atomic E-state index is 5.51. The first-order valence-electron chi connectivity index (χ1n) is 6.11. The summed E-state index contributed by atoms with van der Waals surface area (Å²) in [5.74, 6) is 2.43. The molecule has 1 heterocycles. The largest absolute Gasteiger partial charge is 0.368 e. The molecule has 90 valence electrons. The summed E-state index contributed by atoms with van der Waals surface area (Å²) in [7, 11) is 0. The zero-order chi connectivity index (χ0) is 11.5. The number of rotatable bonds is 3. The lowest BCUT2D eigenvalue weighted by atomic mass is 9.78. The van der Waals surface area contributed by atoms with Gasteiger partial charge in [0.15, 0.2) is 0 Å². The zero-order valence-corrected chi connectivity index (χ0v) is 10.0. The number of aromatic nitrogens is 3. The molecule has 0 radical (unpaired) electrons. The van der Waals surface area contributed by atoms with Crippen LogP contribution in [0, 0.1) is 11.8 Å². The van der Waals surface area contributed by atoms with Crippen LogP contribution in [-0.4, -0.2) is 21.2 Å². The molecule has 5 nitrogen and oxygen atoms in total. The van der Waals surface area contributed by atoms with Crippen molar-refractivity contribution in [2.24, 2.45) is 11.8 Å². The van der Waals surface area contributed by atoms with Gasteiger partial charge < -0.3 is 11.1 Å². The molecule has 1 aliphatic rings. The Morgan fingerprint density at radius 2 is 2.12 bits per heavy atom. The highest BCUT2D eigenvalue weighted by Gasteiger charge is 2.28. The van der Waals surface area contributed by atoms with Gasteiger partial charge in [0.2, 0.25) is 11.9 Å². The number of hydrogen-bond donors (Lipinski definition) is 3. The maximum Gasteiger partial charge on any atom is 0.243 e. The highest BCUT2D eigenvalue weighted by molar-refractivity contribution is 5.31. The Balaban J connectivity index is 2.01. The van der Waals surface area contributed by atoms with Crippen molar-refractivity contribution >= 4 is 11.9 Å². The van der Waals surface area contributed by atoms with E-state index < -0.39 is 0 Å². The normalized spacial score (nSPS) is 25.9. The van der Waals surface area contributed by atoms with Crippen LogP contribution in [0.2, 0.25) is 0 Å². The van der Waals surface area contributed by atoms with E-state index in [2.05, 4.69) is 34.3 Å². The third-order valence-electron chi connectivity index (χ3n) is 3.49. The summed E-state index contributed by atoms with van der Waals surface area (Å²) >= 11 is 0. The second-order valence-electron chi connectivity index (χ2n) is 4.99. The second-order valence-corrected chi connectivity index (χ2v) is 4.99. The Labute approximate surface area is 96.2 Å². The Morgan fingerprint density at radius 3 is 2.75 bits per heavy atom. The zero-order valence-electron chi connectivity index (χ0n) is 10.0. The molecular weight excluding hydrogens is 202 g/mol. The minimum Gasteiger partial charge on any atom is -0.368 e. The van der Waals surface area contributed by atoms with Gasteiger partial charge in [-0.15, -0.1) is 5.10 Å². The fraction of sp³-hybridized carbons (Fsp3) is 0.818. The average Bonchev–Trinajstić information content (AvgIpc) is 2.64. The summed E-state index contributed by atoms with van der Waals surface area (Å²) in [4.78, 5) is 4.10. The summed E-state index contributed by atoms with van der Waals surface area (Å²) in [6.07, 6.45) is 5.14. The lowest BCUT2D eigenvalue weighted by Gasteiger charge is -2.34. The van der Waals surface area contributed by atoms with E-state index in [1.807, 2.05) is 0 Å². The van der Waals surface area contributed by atoms with Crippen molar-refractivity contribution in [2.75, 3.05) is 11.1 Å². The summed E-state index contributed by atoms with van der Waals surface area (Å²) in [5, 5.41) is 10.1. The van der Waals surface area contributed by atoms with Crippen molar-refractivity contribution in [3.8, 4) is 0 Å². The van der Waals surface area contributed by atoms with Gasteiger partial charge in [0.05, 0.1) is 0 Å². The highest BCUT2D eigenvalue weighted by Crippen LogP contribution is 2.31. The first kappa shape index (κ1) is 11.2. The Morgan fingerprint density at radius 1 is 1.38 bits per heavy atom. The van der Waals surface area contributed by atoms with Crippen molar-refractivity contribution in [3.63, 3.8) is 0 Å². The molecule has 16 heavy (non-hydrogen) atoms. The molecule has 2 rings (SSSR count). The van der Waals surface area contributed by atoms with E-state index in [0.717, 1.165) is 0 Å². The molecule has 5 heteroatoms. The number of nitrogens with zero attached hydrogens (tertiary/aromatic N) is 2. The monoisotopic (exact) mass is 223 g/mol. The van der Waals surface area contributed by atoms with E-state index in [1.54, 1.807) is 0 Å². The Bertz CT molecular complexity index is 333. The van der Waals surface area contributed by atoms with Crippen LogP contribution < -0.4 is 11.1 Å². The van der Waals surface area contributed by atoms with Gasteiger partial charge in [-0.1, -0.05) is 26.7 Å². The van der Waals surface area contributed by atoms with Gasteiger partial charge in [-0.3, -0.25) is 0 Å². The van der Waals surface area contributed by atoms with Gasteiger partial charge in [0.1, 0.15) is 0 Å². The van der Waals surface area contributed by atoms with E-state index in [9.17, 15) is 0 Å². The fourth-order valence-electron chi connectivity index (χ4n) is 2.64. The van der Waals surface area contributed by atoms with Crippen LogP contribution in [0.1, 0.15) is 39.5 Å². The van der Waals surface area contributed by atoms with Gasteiger partial charge >= 0.3 is 0 Å². The smallest absolute Gasteiger partial charge is 0.243 e.